The molecule has 168 valence electrons. The van der Waals surface area contributed by atoms with E-state index in [-0.39, 0.29) is 6.04 Å². The fraction of sp³-hybridized carbons (Fsp3) is 0.458. The maximum Gasteiger partial charge on any atom is 0.320 e. The smallest absolute Gasteiger partial charge is 0.320 e. The minimum atomic E-state index is -0.819. The first-order chi connectivity index (χ1) is 15.0. The molecule has 0 amide bonds. The van der Waals surface area contributed by atoms with Gasteiger partial charge in [-0.2, -0.15) is 0 Å². The van der Waals surface area contributed by atoms with Crippen LogP contribution in [0.3, 0.4) is 0 Å². The molecule has 1 N–H and O–H groups in total. The molecule has 0 saturated carbocycles. The van der Waals surface area contributed by atoms with Crippen molar-refractivity contribution in [1.29, 1.82) is 0 Å². The van der Waals surface area contributed by atoms with Gasteiger partial charge in [-0.1, -0.05) is 18.2 Å². The average molecular weight is 430 g/mol. The van der Waals surface area contributed by atoms with Gasteiger partial charge in [-0.05, 0) is 50.5 Å². The number of ether oxygens (including phenoxy) is 4. The number of nitrogens with zero attached hydrogens (tertiary/aromatic N) is 1. The molecule has 0 aliphatic carbocycles. The van der Waals surface area contributed by atoms with Crippen molar-refractivity contribution < 1.29 is 28.8 Å². The normalized spacial score (nSPS) is 17.2. The maximum atomic E-state index is 12.0. The average Bonchev–Trinajstić information content (AvgIpc) is 3.25. The molecule has 1 fully saturated rings. The summed E-state index contributed by atoms with van der Waals surface area (Å²) in [5, 5.41) is 9.86. The number of hydrogen-bond donors (Lipinski definition) is 1. The monoisotopic (exact) mass is 429 g/mol. The van der Waals surface area contributed by atoms with Gasteiger partial charge in [0.2, 0.25) is 0 Å². The van der Waals surface area contributed by atoms with E-state index in [9.17, 15) is 9.90 Å². The quantitative estimate of drug-likeness (QED) is 0.608. The molecule has 3 rings (SSSR count). The minimum Gasteiger partial charge on any atom is -0.493 e. The zero-order valence-electron chi connectivity index (χ0n) is 18.6. The Morgan fingerprint density at radius 3 is 2.45 bits per heavy atom. The van der Waals surface area contributed by atoms with Crippen molar-refractivity contribution in [3.63, 3.8) is 0 Å². The van der Waals surface area contributed by atoms with Crippen LogP contribution in [0, 0.1) is 0 Å². The zero-order valence-corrected chi connectivity index (χ0v) is 18.6. The summed E-state index contributed by atoms with van der Waals surface area (Å²) in [5.41, 5.74) is 1.76. The number of aliphatic carboxylic acids is 1. The number of carboxylic acids is 1. The molecule has 1 heterocycles. The van der Waals surface area contributed by atoms with E-state index in [1.165, 1.54) is 0 Å². The topological polar surface area (TPSA) is 77.5 Å². The van der Waals surface area contributed by atoms with Crippen molar-refractivity contribution in [1.82, 2.24) is 4.90 Å². The standard InChI is InChI=1S/C24H31NO6/c1-5-30-19-13-12-16(15-21(19)31-6-2)22(25-14-8-10-18(25)24(26)27)17-9-7-11-20(28-3)23(17)29-4/h7,9,11-13,15,18,22H,5-6,8,10,14H2,1-4H3,(H,26,27). The molecule has 1 aliphatic heterocycles. The third-order valence-electron chi connectivity index (χ3n) is 5.52. The SMILES string of the molecule is CCOc1ccc(C(c2cccc(OC)c2OC)N2CCCC2C(=O)O)cc1OCC. The molecule has 31 heavy (non-hydrogen) atoms. The minimum absolute atomic E-state index is 0.344. The van der Waals surface area contributed by atoms with Gasteiger partial charge in [-0.15, -0.1) is 0 Å². The van der Waals surface area contributed by atoms with Crippen LogP contribution in [0.15, 0.2) is 36.4 Å². The van der Waals surface area contributed by atoms with Gasteiger partial charge in [0.05, 0.1) is 33.5 Å². The molecule has 0 aromatic heterocycles. The Kier molecular flexibility index (Phi) is 7.63. The third kappa shape index (κ3) is 4.71. The Bertz CT molecular complexity index is 900. The van der Waals surface area contributed by atoms with Crippen LogP contribution in [0.25, 0.3) is 0 Å². The Hall–Kier alpha value is -2.93. The van der Waals surface area contributed by atoms with Crippen LogP contribution < -0.4 is 18.9 Å². The van der Waals surface area contributed by atoms with Crippen LogP contribution in [0.4, 0.5) is 0 Å². The summed E-state index contributed by atoms with van der Waals surface area (Å²) < 4.78 is 22.8. The summed E-state index contributed by atoms with van der Waals surface area (Å²) in [6.07, 6.45) is 1.42. The molecule has 7 heteroatoms. The van der Waals surface area contributed by atoms with Crippen molar-refractivity contribution in [2.45, 2.75) is 38.8 Å². The predicted molar refractivity (Wildman–Crippen MR) is 118 cm³/mol. The lowest BCUT2D eigenvalue weighted by atomic mass is 9.94. The number of hydrogen-bond acceptors (Lipinski definition) is 6. The van der Waals surface area contributed by atoms with Crippen LogP contribution >= 0.6 is 0 Å². The second-order valence-electron chi connectivity index (χ2n) is 7.29. The first-order valence-electron chi connectivity index (χ1n) is 10.6. The van der Waals surface area contributed by atoms with E-state index in [4.69, 9.17) is 18.9 Å². The highest BCUT2D eigenvalue weighted by atomic mass is 16.5. The van der Waals surface area contributed by atoms with Crippen molar-refractivity contribution in [2.75, 3.05) is 34.0 Å². The summed E-state index contributed by atoms with van der Waals surface area (Å²) in [6.45, 7) is 5.54. The van der Waals surface area contributed by atoms with Gasteiger partial charge in [-0.3, -0.25) is 9.69 Å². The van der Waals surface area contributed by atoms with Crippen LogP contribution in [-0.2, 0) is 4.79 Å². The van der Waals surface area contributed by atoms with Gasteiger partial charge in [0.25, 0.3) is 0 Å². The number of carboxylic acid groups (broad SMARTS) is 1. The van der Waals surface area contributed by atoms with Crippen molar-refractivity contribution in [3.05, 3.63) is 47.5 Å². The maximum absolute atomic E-state index is 12.0. The summed E-state index contributed by atoms with van der Waals surface area (Å²) in [4.78, 5) is 14.0. The molecule has 7 nitrogen and oxygen atoms in total. The van der Waals surface area contributed by atoms with E-state index in [1.54, 1.807) is 14.2 Å². The van der Waals surface area contributed by atoms with Crippen molar-refractivity contribution >= 4 is 5.97 Å². The number of methoxy groups -OCH3 is 2. The van der Waals surface area contributed by atoms with E-state index >= 15 is 0 Å². The highest BCUT2D eigenvalue weighted by molar-refractivity contribution is 5.74. The lowest BCUT2D eigenvalue weighted by Crippen LogP contribution is -2.39. The summed E-state index contributed by atoms with van der Waals surface area (Å²) in [7, 11) is 3.19. The van der Waals surface area contributed by atoms with Crippen LogP contribution in [0.1, 0.15) is 43.9 Å². The molecule has 0 radical (unpaired) electrons. The number of carbonyl (C=O) groups is 1. The molecular weight excluding hydrogens is 398 g/mol. The molecule has 0 bridgehead atoms. The Morgan fingerprint density at radius 1 is 1.06 bits per heavy atom. The van der Waals surface area contributed by atoms with Gasteiger partial charge >= 0.3 is 5.97 Å². The Labute approximate surface area is 183 Å². The largest absolute Gasteiger partial charge is 0.493 e. The third-order valence-corrected chi connectivity index (χ3v) is 5.52. The van der Waals surface area contributed by atoms with E-state index in [1.807, 2.05) is 55.1 Å². The molecule has 2 atom stereocenters. The molecule has 2 aromatic carbocycles. The summed E-state index contributed by atoms with van der Waals surface area (Å²) in [6, 6.07) is 10.6. The Balaban J connectivity index is 2.18. The first-order valence-corrected chi connectivity index (χ1v) is 10.6. The fourth-order valence-electron chi connectivity index (χ4n) is 4.28. The van der Waals surface area contributed by atoms with Crippen LogP contribution in [0.2, 0.25) is 0 Å². The highest BCUT2D eigenvalue weighted by Gasteiger charge is 2.38. The number of benzene rings is 2. The predicted octanol–water partition coefficient (Wildman–Crippen LogP) is 4.14. The second kappa shape index (κ2) is 10.4. The second-order valence-corrected chi connectivity index (χ2v) is 7.29. The van der Waals surface area contributed by atoms with Crippen LogP contribution in [0.5, 0.6) is 23.0 Å². The molecule has 1 aliphatic rings. The van der Waals surface area contributed by atoms with E-state index in [0.717, 1.165) is 17.5 Å². The highest BCUT2D eigenvalue weighted by Crippen LogP contribution is 2.44. The molecular formula is C24H31NO6. The Morgan fingerprint density at radius 2 is 1.81 bits per heavy atom. The number of rotatable bonds is 10. The van der Waals surface area contributed by atoms with E-state index < -0.39 is 12.0 Å². The lowest BCUT2D eigenvalue weighted by molar-refractivity contribution is -0.142. The lowest BCUT2D eigenvalue weighted by Gasteiger charge is -2.33. The van der Waals surface area contributed by atoms with Gasteiger partial charge < -0.3 is 24.1 Å². The molecule has 2 aromatic rings. The summed E-state index contributed by atoms with van der Waals surface area (Å²) >= 11 is 0. The van der Waals surface area contributed by atoms with Gasteiger partial charge in [-0.25, -0.2) is 0 Å². The van der Waals surface area contributed by atoms with Crippen molar-refractivity contribution in [3.8, 4) is 23.0 Å². The number of likely N-dealkylation sites (tertiary alicyclic amines) is 1. The molecule has 0 spiro atoms. The van der Waals surface area contributed by atoms with E-state index in [0.29, 0.717) is 49.2 Å². The van der Waals surface area contributed by atoms with Gasteiger partial charge in [0, 0.05) is 12.1 Å². The first kappa shape index (κ1) is 22.7. The zero-order chi connectivity index (χ0) is 22.4. The van der Waals surface area contributed by atoms with Gasteiger partial charge in [0.15, 0.2) is 23.0 Å². The fourth-order valence-corrected chi connectivity index (χ4v) is 4.28. The van der Waals surface area contributed by atoms with E-state index in [2.05, 4.69) is 0 Å². The van der Waals surface area contributed by atoms with Crippen molar-refractivity contribution in [2.24, 2.45) is 0 Å². The molecule has 1 saturated heterocycles. The molecule has 2 unspecified atom stereocenters. The summed E-state index contributed by atoms with van der Waals surface area (Å²) in [5.74, 6) is 1.69. The van der Waals surface area contributed by atoms with Crippen LogP contribution in [-0.4, -0.2) is 56.0 Å². The number of para-hydroxylation sites is 1. The van der Waals surface area contributed by atoms with Gasteiger partial charge in [0.1, 0.15) is 6.04 Å².